The lowest BCUT2D eigenvalue weighted by molar-refractivity contribution is -0.0685. The fraction of sp³-hybridized carbons (Fsp3) is 0.556. The number of hydrogen-bond donors (Lipinski definition) is 4. The Labute approximate surface area is 137 Å². The molecule has 0 saturated carbocycles. The third kappa shape index (κ3) is 3.05. The molecular formula is C9H14IN4O7P. The molecule has 13 heteroatoms. The molecule has 0 spiro atoms. The summed E-state index contributed by atoms with van der Waals surface area (Å²) < 4.78 is 27.8. The summed E-state index contributed by atoms with van der Waals surface area (Å²) in [6.07, 6.45) is -2.87. The van der Waals surface area contributed by atoms with Crippen LogP contribution in [-0.4, -0.2) is 44.5 Å². The molecule has 3 rings (SSSR count). The maximum absolute atomic E-state index is 11.9. The third-order valence-electron chi connectivity index (χ3n) is 3.17. The first kappa shape index (κ1) is 17.7. The molecule has 22 heavy (non-hydrogen) atoms. The Hall–Kier alpha value is -0.600. The van der Waals surface area contributed by atoms with E-state index in [0.29, 0.717) is 3.57 Å². The van der Waals surface area contributed by atoms with Crippen LogP contribution < -0.4 is 17.6 Å². The number of ether oxygens (including phenoxy) is 1. The van der Waals surface area contributed by atoms with Crippen LogP contribution in [0, 0.1) is 3.57 Å². The molecule has 0 radical (unpaired) electrons. The van der Waals surface area contributed by atoms with E-state index in [1.54, 1.807) is 0 Å². The number of rotatable bonds is 1. The molecule has 2 fully saturated rings. The monoisotopic (exact) mass is 448 g/mol. The maximum Gasteiger partial charge on any atom is 0.472 e. The molecule has 0 aromatic carbocycles. The number of aliphatic hydroxyl groups excluding tert-OH is 1. The maximum atomic E-state index is 11.9. The number of fused-ring (bicyclic) bond motifs is 1. The van der Waals surface area contributed by atoms with E-state index in [1.807, 2.05) is 22.6 Å². The van der Waals surface area contributed by atoms with E-state index < -0.39 is 38.1 Å². The minimum Gasteiger partial charge on any atom is -0.386 e. The number of anilines is 1. The van der Waals surface area contributed by atoms with Crippen molar-refractivity contribution in [3.63, 3.8) is 0 Å². The van der Waals surface area contributed by atoms with E-state index in [1.165, 1.54) is 6.20 Å². The second-order valence-electron chi connectivity index (χ2n) is 4.55. The van der Waals surface area contributed by atoms with Crippen molar-refractivity contribution in [2.75, 3.05) is 12.3 Å². The van der Waals surface area contributed by atoms with Gasteiger partial charge in [-0.15, -0.1) is 0 Å². The lowest BCUT2D eigenvalue weighted by Crippen LogP contribution is -2.40. The predicted octanol–water partition coefficient (Wildman–Crippen LogP) is -0.634. The van der Waals surface area contributed by atoms with Crippen molar-refractivity contribution in [3.8, 4) is 0 Å². The summed E-state index contributed by atoms with van der Waals surface area (Å²) in [5.74, 6) is 0.0706. The lowest BCUT2D eigenvalue weighted by Gasteiger charge is -2.27. The first-order valence-electron chi connectivity index (χ1n) is 5.82. The highest BCUT2D eigenvalue weighted by Gasteiger charge is 2.52. The van der Waals surface area contributed by atoms with Crippen molar-refractivity contribution in [2.45, 2.75) is 24.5 Å². The highest BCUT2D eigenvalue weighted by atomic mass is 127. The predicted molar refractivity (Wildman–Crippen MR) is 81.2 cm³/mol. The van der Waals surface area contributed by atoms with Gasteiger partial charge in [0.2, 0.25) is 0 Å². The molecule has 0 bridgehead atoms. The van der Waals surface area contributed by atoms with Crippen molar-refractivity contribution < 1.29 is 28.3 Å². The fourth-order valence-corrected chi connectivity index (χ4v) is 3.59. The van der Waals surface area contributed by atoms with E-state index in [2.05, 4.69) is 9.51 Å². The van der Waals surface area contributed by atoms with Crippen LogP contribution in [0.1, 0.15) is 6.23 Å². The molecule has 2 aliphatic rings. The summed E-state index contributed by atoms with van der Waals surface area (Å²) in [6, 6.07) is 0. The van der Waals surface area contributed by atoms with Gasteiger partial charge in [-0.1, -0.05) is 0 Å². The van der Waals surface area contributed by atoms with Crippen LogP contribution in [0.4, 0.5) is 5.82 Å². The van der Waals surface area contributed by atoms with Crippen molar-refractivity contribution >= 4 is 36.2 Å². The summed E-state index contributed by atoms with van der Waals surface area (Å²) in [7, 11) is -4.21. The van der Waals surface area contributed by atoms with Crippen LogP contribution in [-0.2, 0) is 18.3 Å². The molecule has 1 aromatic rings. The van der Waals surface area contributed by atoms with Gasteiger partial charge in [-0.05, 0) is 22.6 Å². The molecule has 1 unspecified atom stereocenters. The summed E-state index contributed by atoms with van der Waals surface area (Å²) in [5, 5.41) is 10.2. The number of phosphoric ester groups is 1. The number of aromatic nitrogens is 2. The normalized spacial score (nSPS) is 37.4. The first-order chi connectivity index (χ1) is 9.78. The van der Waals surface area contributed by atoms with Crippen LogP contribution in [0.3, 0.4) is 0 Å². The van der Waals surface area contributed by atoms with Crippen molar-refractivity contribution in [1.82, 2.24) is 15.7 Å². The topological polar surface area (TPSA) is 181 Å². The Balaban J connectivity index is 0.00000176. The smallest absolute Gasteiger partial charge is 0.386 e. The Morgan fingerprint density at radius 2 is 2.23 bits per heavy atom. The van der Waals surface area contributed by atoms with Gasteiger partial charge < -0.3 is 26.6 Å². The molecule has 3 heterocycles. The zero-order valence-electron chi connectivity index (χ0n) is 11.0. The van der Waals surface area contributed by atoms with Crippen LogP contribution in [0.2, 0.25) is 0 Å². The number of halogens is 1. The Kier molecular flexibility index (Phi) is 4.94. The summed E-state index contributed by atoms with van der Waals surface area (Å²) in [6.45, 7) is -0.222. The van der Waals surface area contributed by atoms with Gasteiger partial charge in [-0.3, -0.25) is 13.6 Å². The number of nitrogen functional groups attached to an aromatic ring is 1. The van der Waals surface area contributed by atoms with E-state index >= 15 is 0 Å². The second kappa shape index (κ2) is 6.13. The Bertz CT molecular complexity index is 684. The van der Waals surface area contributed by atoms with Crippen molar-refractivity contribution in [2.24, 2.45) is 0 Å². The fourth-order valence-electron chi connectivity index (χ4n) is 2.21. The molecule has 7 N–H and O–H groups in total. The minimum atomic E-state index is -4.21. The average molecular weight is 448 g/mol. The Morgan fingerprint density at radius 1 is 1.55 bits per heavy atom. The van der Waals surface area contributed by atoms with Crippen molar-refractivity contribution in [1.29, 1.82) is 0 Å². The Morgan fingerprint density at radius 3 is 2.91 bits per heavy atom. The zero-order chi connectivity index (χ0) is 15.4. The molecular weight excluding hydrogens is 434 g/mol. The van der Waals surface area contributed by atoms with Crippen LogP contribution in [0.15, 0.2) is 11.0 Å². The minimum absolute atomic E-state index is 0. The number of phosphoric acid groups is 1. The number of nitrogens with zero attached hydrogens (tertiary/aromatic N) is 2. The molecule has 0 amide bonds. The first-order valence-corrected chi connectivity index (χ1v) is 8.39. The van der Waals surface area contributed by atoms with Gasteiger partial charge in [0.25, 0.3) is 0 Å². The quantitative estimate of drug-likeness (QED) is 0.319. The van der Waals surface area contributed by atoms with Gasteiger partial charge in [-0.2, -0.15) is 4.98 Å². The number of hydrogen-bond acceptors (Lipinski definition) is 9. The summed E-state index contributed by atoms with van der Waals surface area (Å²) in [5.41, 5.74) is 4.82. The highest BCUT2D eigenvalue weighted by molar-refractivity contribution is 14.1. The van der Waals surface area contributed by atoms with Gasteiger partial charge in [0.15, 0.2) is 6.23 Å². The van der Waals surface area contributed by atoms with Gasteiger partial charge in [-0.25, -0.2) is 9.36 Å². The molecule has 124 valence electrons. The third-order valence-corrected chi connectivity index (χ3v) is 4.99. The molecule has 2 aliphatic heterocycles. The van der Waals surface area contributed by atoms with Crippen LogP contribution in [0.5, 0.6) is 0 Å². The van der Waals surface area contributed by atoms with Crippen LogP contribution >= 0.6 is 30.4 Å². The lowest BCUT2D eigenvalue weighted by atomic mass is 10.1. The molecule has 2 saturated heterocycles. The standard InChI is InChI=1S/C9H11IN3O7P.H3N/c10-3-1-13(9(15)12-7(3)11)8-5(14)6-4(19-8)2-18-21(16,17)20-6;/h1,4-6,8,14H,2H2,(H,16,17)(H2,11,12,15);1H3/t4-,5-,6-,8-;/m1./s1. The van der Waals surface area contributed by atoms with E-state index in [4.69, 9.17) is 15.0 Å². The van der Waals surface area contributed by atoms with E-state index in [9.17, 15) is 19.4 Å². The largest absolute Gasteiger partial charge is 0.472 e. The molecule has 0 aliphatic carbocycles. The number of nitrogens with two attached hydrogens (primary N) is 1. The molecule has 5 atom stereocenters. The SMILES string of the molecule is N.Nc1nc(=O)n([C@@H]2O[C@@H]3COP(=O)(O)O[C@H]3[C@H]2O)cc1I. The van der Waals surface area contributed by atoms with E-state index in [-0.39, 0.29) is 18.6 Å². The van der Waals surface area contributed by atoms with E-state index in [0.717, 1.165) is 4.57 Å². The van der Waals surface area contributed by atoms with Crippen molar-refractivity contribution in [3.05, 3.63) is 20.3 Å². The second-order valence-corrected chi connectivity index (χ2v) is 7.12. The summed E-state index contributed by atoms with van der Waals surface area (Å²) in [4.78, 5) is 24.7. The number of aliphatic hydroxyl groups is 1. The highest BCUT2D eigenvalue weighted by Crippen LogP contribution is 2.52. The van der Waals surface area contributed by atoms with Crippen LogP contribution in [0.25, 0.3) is 0 Å². The molecule has 11 nitrogen and oxygen atoms in total. The molecule has 1 aromatic heterocycles. The average Bonchev–Trinajstić information content (AvgIpc) is 2.70. The summed E-state index contributed by atoms with van der Waals surface area (Å²) >= 11 is 1.88. The zero-order valence-corrected chi connectivity index (χ0v) is 14.1. The van der Waals surface area contributed by atoms with Gasteiger partial charge in [0.05, 0.1) is 10.2 Å². The van der Waals surface area contributed by atoms with Gasteiger partial charge in [0.1, 0.15) is 24.1 Å². The van der Waals surface area contributed by atoms with Gasteiger partial charge in [0, 0.05) is 6.20 Å². The van der Waals surface area contributed by atoms with Gasteiger partial charge >= 0.3 is 13.5 Å².